The number of hydrogen-bond acceptors (Lipinski definition) is 3. The van der Waals surface area contributed by atoms with Crippen LogP contribution in [0.4, 0.5) is 0 Å². The number of methoxy groups -OCH3 is 1. The molecule has 0 aromatic rings. The quantitative estimate of drug-likeness (QED) is 0.556. The summed E-state index contributed by atoms with van der Waals surface area (Å²) in [6.45, 7) is 6.15. The number of nitrogens with one attached hydrogen (secondary N) is 2. The SMILES string of the molecule is CCCCCCNC(C)C(=O)NCCOC. The van der Waals surface area contributed by atoms with Crippen molar-refractivity contribution in [3.63, 3.8) is 0 Å². The highest BCUT2D eigenvalue weighted by atomic mass is 16.5. The zero-order valence-corrected chi connectivity index (χ0v) is 10.8. The summed E-state index contributed by atoms with van der Waals surface area (Å²) in [6.07, 6.45) is 4.90. The molecule has 0 aromatic heterocycles. The molecule has 96 valence electrons. The van der Waals surface area contributed by atoms with E-state index in [-0.39, 0.29) is 11.9 Å². The van der Waals surface area contributed by atoms with Crippen molar-refractivity contribution < 1.29 is 9.53 Å². The maximum atomic E-state index is 11.5. The van der Waals surface area contributed by atoms with Gasteiger partial charge in [0.1, 0.15) is 0 Å². The van der Waals surface area contributed by atoms with Crippen LogP contribution in [0.2, 0.25) is 0 Å². The first-order valence-corrected chi connectivity index (χ1v) is 6.22. The van der Waals surface area contributed by atoms with Gasteiger partial charge in [-0.2, -0.15) is 0 Å². The molecule has 1 atom stereocenters. The molecular formula is C12H26N2O2. The first-order chi connectivity index (χ1) is 7.72. The van der Waals surface area contributed by atoms with E-state index in [4.69, 9.17) is 4.74 Å². The molecule has 16 heavy (non-hydrogen) atoms. The van der Waals surface area contributed by atoms with Crippen molar-refractivity contribution in [2.45, 2.75) is 45.6 Å². The Labute approximate surface area is 99.1 Å². The molecule has 0 heterocycles. The van der Waals surface area contributed by atoms with E-state index in [1.807, 2.05) is 6.92 Å². The van der Waals surface area contributed by atoms with Gasteiger partial charge in [0.15, 0.2) is 0 Å². The maximum Gasteiger partial charge on any atom is 0.236 e. The molecule has 4 heteroatoms. The van der Waals surface area contributed by atoms with E-state index in [0.29, 0.717) is 13.2 Å². The number of rotatable bonds is 10. The molecule has 0 aromatic carbocycles. The highest BCUT2D eigenvalue weighted by molar-refractivity contribution is 5.81. The molecule has 4 nitrogen and oxygen atoms in total. The summed E-state index contributed by atoms with van der Waals surface area (Å²) < 4.78 is 4.86. The fraction of sp³-hybridized carbons (Fsp3) is 0.917. The summed E-state index contributed by atoms with van der Waals surface area (Å²) in [6, 6.07) is -0.113. The lowest BCUT2D eigenvalue weighted by molar-refractivity contribution is -0.122. The molecule has 2 N–H and O–H groups in total. The Bertz CT molecular complexity index is 174. The van der Waals surface area contributed by atoms with E-state index in [1.165, 1.54) is 19.3 Å². The zero-order chi connectivity index (χ0) is 12.2. The van der Waals surface area contributed by atoms with E-state index in [2.05, 4.69) is 17.6 Å². The molecule has 0 bridgehead atoms. The maximum absolute atomic E-state index is 11.5. The van der Waals surface area contributed by atoms with Crippen LogP contribution >= 0.6 is 0 Å². The molecular weight excluding hydrogens is 204 g/mol. The topological polar surface area (TPSA) is 50.4 Å². The van der Waals surface area contributed by atoms with Crippen molar-refractivity contribution in [2.24, 2.45) is 0 Å². The summed E-state index contributed by atoms with van der Waals surface area (Å²) in [4.78, 5) is 11.5. The van der Waals surface area contributed by atoms with Gasteiger partial charge >= 0.3 is 0 Å². The number of unbranched alkanes of at least 4 members (excludes halogenated alkanes) is 3. The number of ether oxygens (including phenoxy) is 1. The molecule has 0 saturated carbocycles. The summed E-state index contributed by atoms with van der Waals surface area (Å²) in [7, 11) is 1.63. The van der Waals surface area contributed by atoms with Gasteiger partial charge in [0.05, 0.1) is 12.6 Å². The van der Waals surface area contributed by atoms with E-state index in [1.54, 1.807) is 7.11 Å². The summed E-state index contributed by atoms with van der Waals surface area (Å²) in [5.41, 5.74) is 0. The number of carbonyl (C=O) groups excluding carboxylic acids is 1. The molecule has 0 aliphatic carbocycles. The van der Waals surface area contributed by atoms with Gasteiger partial charge in [0.2, 0.25) is 5.91 Å². The molecule has 0 aliphatic heterocycles. The van der Waals surface area contributed by atoms with Gasteiger partial charge in [0, 0.05) is 13.7 Å². The molecule has 0 fully saturated rings. The average molecular weight is 230 g/mol. The van der Waals surface area contributed by atoms with Crippen LogP contribution in [0, 0.1) is 0 Å². The molecule has 0 rings (SSSR count). The monoisotopic (exact) mass is 230 g/mol. The lowest BCUT2D eigenvalue weighted by Gasteiger charge is -2.13. The fourth-order valence-corrected chi connectivity index (χ4v) is 1.39. The van der Waals surface area contributed by atoms with Crippen molar-refractivity contribution in [2.75, 3.05) is 26.8 Å². The number of amides is 1. The Kier molecular flexibility index (Phi) is 10.5. The molecule has 1 amide bonds. The molecule has 0 saturated heterocycles. The highest BCUT2D eigenvalue weighted by Crippen LogP contribution is 1.97. The van der Waals surface area contributed by atoms with Gasteiger partial charge in [-0.1, -0.05) is 26.2 Å². The van der Waals surface area contributed by atoms with Gasteiger partial charge in [0.25, 0.3) is 0 Å². The van der Waals surface area contributed by atoms with Crippen molar-refractivity contribution in [1.29, 1.82) is 0 Å². The van der Waals surface area contributed by atoms with Crippen molar-refractivity contribution in [3.05, 3.63) is 0 Å². The van der Waals surface area contributed by atoms with Crippen LogP contribution in [0.3, 0.4) is 0 Å². The minimum absolute atomic E-state index is 0.0486. The Morgan fingerprint density at radius 2 is 2.00 bits per heavy atom. The highest BCUT2D eigenvalue weighted by Gasteiger charge is 2.10. The first kappa shape index (κ1) is 15.4. The van der Waals surface area contributed by atoms with Crippen molar-refractivity contribution in [1.82, 2.24) is 10.6 Å². The van der Waals surface area contributed by atoms with E-state index in [9.17, 15) is 4.79 Å². The molecule has 0 aliphatic rings. The van der Waals surface area contributed by atoms with Crippen LogP contribution in [0.15, 0.2) is 0 Å². The van der Waals surface area contributed by atoms with Crippen molar-refractivity contribution in [3.8, 4) is 0 Å². The second-order valence-electron chi connectivity index (χ2n) is 4.02. The van der Waals surface area contributed by atoms with Crippen LogP contribution in [0.25, 0.3) is 0 Å². The van der Waals surface area contributed by atoms with E-state index < -0.39 is 0 Å². The third-order valence-corrected chi connectivity index (χ3v) is 2.48. The second kappa shape index (κ2) is 10.9. The van der Waals surface area contributed by atoms with Gasteiger partial charge in [-0.05, 0) is 19.9 Å². The minimum Gasteiger partial charge on any atom is -0.383 e. The van der Waals surface area contributed by atoms with E-state index in [0.717, 1.165) is 13.0 Å². The Balaban J connectivity index is 3.40. The fourth-order valence-electron chi connectivity index (χ4n) is 1.39. The molecule has 0 radical (unpaired) electrons. The normalized spacial score (nSPS) is 12.4. The summed E-state index contributed by atoms with van der Waals surface area (Å²) in [5.74, 6) is 0.0486. The third-order valence-electron chi connectivity index (χ3n) is 2.48. The molecule has 0 spiro atoms. The summed E-state index contributed by atoms with van der Waals surface area (Å²) >= 11 is 0. The average Bonchev–Trinajstić information content (AvgIpc) is 2.28. The summed E-state index contributed by atoms with van der Waals surface area (Å²) in [5, 5.41) is 6.02. The van der Waals surface area contributed by atoms with Crippen LogP contribution in [0.5, 0.6) is 0 Å². The predicted molar refractivity (Wildman–Crippen MR) is 66.5 cm³/mol. The minimum atomic E-state index is -0.113. The van der Waals surface area contributed by atoms with Crippen LogP contribution in [0.1, 0.15) is 39.5 Å². The third kappa shape index (κ3) is 8.68. The largest absolute Gasteiger partial charge is 0.383 e. The lowest BCUT2D eigenvalue weighted by Crippen LogP contribution is -2.43. The van der Waals surface area contributed by atoms with Crippen LogP contribution < -0.4 is 10.6 Å². The standard InChI is InChI=1S/C12H26N2O2/c1-4-5-6-7-8-13-11(2)12(15)14-9-10-16-3/h11,13H,4-10H2,1-3H3,(H,14,15). The lowest BCUT2D eigenvalue weighted by atomic mass is 10.2. The van der Waals surface area contributed by atoms with Gasteiger partial charge < -0.3 is 15.4 Å². The van der Waals surface area contributed by atoms with Gasteiger partial charge in [-0.25, -0.2) is 0 Å². The number of carbonyl (C=O) groups is 1. The predicted octanol–water partition coefficient (Wildman–Crippen LogP) is 1.31. The van der Waals surface area contributed by atoms with Gasteiger partial charge in [-0.3, -0.25) is 4.79 Å². The van der Waals surface area contributed by atoms with E-state index >= 15 is 0 Å². The van der Waals surface area contributed by atoms with Gasteiger partial charge in [-0.15, -0.1) is 0 Å². The smallest absolute Gasteiger partial charge is 0.236 e. The zero-order valence-electron chi connectivity index (χ0n) is 10.8. The second-order valence-corrected chi connectivity index (χ2v) is 4.02. The van der Waals surface area contributed by atoms with Crippen molar-refractivity contribution >= 4 is 5.91 Å². The Hall–Kier alpha value is -0.610. The van der Waals surface area contributed by atoms with Crippen LogP contribution in [-0.2, 0) is 9.53 Å². The Morgan fingerprint density at radius 3 is 2.62 bits per heavy atom. The molecule has 1 unspecified atom stereocenters. The first-order valence-electron chi connectivity index (χ1n) is 6.22. The van der Waals surface area contributed by atoms with Crippen LogP contribution in [-0.4, -0.2) is 38.8 Å². The Morgan fingerprint density at radius 1 is 1.25 bits per heavy atom. The number of hydrogen-bond donors (Lipinski definition) is 2.